The predicted molar refractivity (Wildman–Crippen MR) is 121 cm³/mol. The first-order valence-corrected chi connectivity index (χ1v) is 11.8. The number of morpholine rings is 1. The number of imide groups is 1. The number of hydrogen-bond acceptors (Lipinski definition) is 12. The fraction of sp³-hybridized carbons (Fsp3) is 0.600. The van der Waals surface area contributed by atoms with E-state index in [2.05, 4.69) is 30.6 Å². The van der Waals surface area contributed by atoms with Gasteiger partial charge in [-0.3, -0.25) is 14.9 Å². The van der Waals surface area contributed by atoms with E-state index >= 15 is 0 Å². The fourth-order valence-electron chi connectivity index (χ4n) is 3.81. The molecule has 2 saturated heterocycles. The van der Waals surface area contributed by atoms with E-state index in [0.717, 1.165) is 13.1 Å². The lowest BCUT2D eigenvalue weighted by Gasteiger charge is -2.33. The molecule has 1 unspecified atom stereocenters. The molecule has 2 amide bonds. The Hall–Kier alpha value is -2.74. The second-order valence-corrected chi connectivity index (χ2v) is 9.22. The van der Waals surface area contributed by atoms with Gasteiger partial charge in [0.1, 0.15) is 11.9 Å². The summed E-state index contributed by atoms with van der Waals surface area (Å²) in [5.41, 5.74) is 5.77. The maximum absolute atomic E-state index is 12.5. The van der Waals surface area contributed by atoms with Gasteiger partial charge in [-0.25, -0.2) is 9.97 Å². The number of amides is 2. The number of thiazole rings is 1. The first-order valence-electron chi connectivity index (χ1n) is 10.9. The van der Waals surface area contributed by atoms with Crippen molar-refractivity contribution in [3.63, 3.8) is 0 Å². The molecule has 2 aromatic rings. The third-order valence-corrected chi connectivity index (χ3v) is 6.50. The number of nitrogens with one attached hydrogen (secondary N) is 2. The van der Waals surface area contributed by atoms with Crippen LogP contribution in [0.4, 0.5) is 11.1 Å². The van der Waals surface area contributed by atoms with Crippen LogP contribution in [0.25, 0.3) is 10.7 Å². The van der Waals surface area contributed by atoms with Crippen molar-refractivity contribution >= 4 is 34.2 Å². The molecule has 0 radical (unpaired) electrons. The third kappa shape index (κ3) is 5.79. The standard InChI is InChI=1S/C20H28N8O4S/c1-11-10-32-7-6-28(11)20-25-15(24-16(26-20)14-9-23-19(21)33-14)8-13(29)18(31)27-17(30)12-2-4-22-5-3-12/h9,11-13,22,29H,2-8,10H2,1H3,(H2,21,23)(H,27,30,31)/t11?,13-/m1/s1. The number of nitrogens with two attached hydrogens (primary N) is 1. The molecule has 0 spiro atoms. The van der Waals surface area contributed by atoms with Crippen LogP contribution in [-0.2, 0) is 20.7 Å². The van der Waals surface area contributed by atoms with Gasteiger partial charge in [0.15, 0.2) is 11.0 Å². The van der Waals surface area contributed by atoms with Gasteiger partial charge in [-0.15, -0.1) is 0 Å². The molecule has 0 saturated carbocycles. The van der Waals surface area contributed by atoms with Crippen molar-refractivity contribution in [2.75, 3.05) is 43.5 Å². The van der Waals surface area contributed by atoms with Crippen LogP contribution in [0.15, 0.2) is 6.20 Å². The molecule has 2 aromatic heterocycles. The van der Waals surface area contributed by atoms with Crippen molar-refractivity contribution < 1.29 is 19.4 Å². The Bertz CT molecular complexity index is 996. The van der Waals surface area contributed by atoms with E-state index in [9.17, 15) is 14.7 Å². The average molecular weight is 477 g/mol. The summed E-state index contributed by atoms with van der Waals surface area (Å²) >= 11 is 1.23. The number of rotatable bonds is 6. The summed E-state index contributed by atoms with van der Waals surface area (Å²) in [4.78, 5) is 45.0. The van der Waals surface area contributed by atoms with Crippen molar-refractivity contribution in [3.8, 4) is 10.7 Å². The molecule has 4 heterocycles. The molecular formula is C20H28N8O4S. The van der Waals surface area contributed by atoms with E-state index in [1.54, 1.807) is 6.20 Å². The highest BCUT2D eigenvalue weighted by Gasteiger charge is 2.28. The van der Waals surface area contributed by atoms with Gasteiger partial charge in [0, 0.05) is 18.9 Å². The van der Waals surface area contributed by atoms with Gasteiger partial charge in [-0.2, -0.15) is 9.97 Å². The zero-order valence-electron chi connectivity index (χ0n) is 18.4. The number of carbonyl (C=O) groups is 2. The number of anilines is 2. The van der Waals surface area contributed by atoms with E-state index in [0.29, 0.717) is 54.4 Å². The van der Waals surface area contributed by atoms with E-state index in [-0.39, 0.29) is 30.1 Å². The molecule has 13 heteroatoms. The van der Waals surface area contributed by atoms with Crippen LogP contribution >= 0.6 is 11.3 Å². The molecule has 5 N–H and O–H groups in total. The van der Waals surface area contributed by atoms with Crippen LogP contribution in [0, 0.1) is 5.92 Å². The van der Waals surface area contributed by atoms with Crippen molar-refractivity contribution in [2.45, 2.75) is 38.3 Å². The van der Waals surface area contributed by atoms with E-state index in [1.807, 2.05) is 11.8 Å². The number of ether oxygens (including phenoxy) is 1. The second kappa shape index (κ2) is 10.5. The molecule has 0 aliphatic carbocycles. The number of carbonyl (C=O) groups excluding carboxylic acids is 2. The lowest BCUT2D eigenvalue weighted by molar-refractivity contribution is -0.137. The highest BCUT2D eigenvalue weighted by atomic mass is 32.1. The topological polar surface area (TPSA) is 168 Å². The number of hydrogen-bond donors (Lipinski definition) is 4. The molecule has 4 rings (SSSR count). The Kier molecular flexibility index (Phi) is 7.42. The molecule has 2 aliphatic heterocycles. The van der Waals surface area contributed by atoms with Crippen LogP contribution in [0.1, 0.15) is 25.6 Å². The zero-order chi connectivity index (χ0) is 23.4. The van der Waals surface area contributed by atoms with Crippen LogP contribution in [0.5, 0.6) is 0 Å². The molecule has 12 nitrogen and oxygen atoms in total. The van der Waals surface area contributed by atoms with Crippen LogP contribution < -0.4 is 21.3 Å². The summed E-state index contributed by atoms with van der Waals surface area (Å²) in [5.74, 6) is -0.337. The lowest BCUT2D eigenvalue weighted by atomic mass is 9.97. The minimum Gasteiger partial charge on any atom is -0.383 e. The highest BCUT2D eigenvalue weighted by molar-refractivity contribution is 7.18. The van der Waals surface area contributed by atoms with Gasteiger partial charge in [-0.05, 0) is 32.9 Å². The van der Waals surface area contributed by atoms with Crippen molar-refractivity contribution in [2.24, 2.45) is 5.92 Å². The van der Waals surface area contributed by atoms with Gasteiger partial charge in [0.25, 0.3) is 5.91 Å². The summed E-state index contributed by atoms with van der Waals surface area (Å²) in [6.07, 6.45) is 1.25. The Morgan fingerprint density at radius 1 is 1.36 bits per heavy atom. The van der Waals surface area contributed by atoms with Crippen molar-refractivity contribution in [1.29, 1.82) is 0 Å². The molecule has 2 atom stereocenters. The van der Waals surface area contributed by atoms with E-state index in [1.165, 1.54) is 11.3 Å². The molecular weight excluding hydrogens is 448 g/mol. The SMILES string of the molecule is CC1COCCN1c1nc(C[C@@H](O)C(=O)NC(=O)C2CCNCC2)nc(-c2cnc(N)s2)n1. The maximum Gasteiger partial charge on any atom is 0.255 e. The molecule has 2 fully saturated rings. The number of nitrogens with zero attached hydrogens (tertiary/aromatic N) is 5. The van der Waals surface area contributed by atoms with Gasteiger partial charge < -0.3 is 25.8 Å². The molecule has 2 aliphatic rings. The van der Waals surface area contributed by atoms with E-state index < -0.39 is 12.0 Å². The number of aliphatic hydroxyl groups is 1. The summed E-state index contributed by atoms with van der Waals surface area (Å²) in [7, 11) is 0. The van der Waals surface area contributed by atoms with E-state index in [4.69, 9.17) is 10.5 Å². The van der Waals surface area contributed by atoms with Crippen LogP contribution in [-0.4, -0.2) is 81.9 Å². The number of nitrogen functional groups attached to an aromatic ring is 1. The summed E-state index contributed by atoms with van der Waals surface area (Å²) in [6, 6.07) is 0.0456. The summed E-state index contributed by atoms with van der Waals surface area (Å²) in [5, 5.41) is 16.4. The lowest BCUT2D eigenvalue weighted by Crippen LogP contribution is -2.45. The third-order valence-electron chi connectivity index (χ3n) is 5.67. The number of aromatic nitrogens is 4. The van der Waals surface area contributed by atoms with Gasteiger partial charge in [0.05, 0.1) is 30.3 Å². The Morgan fingerprint density at radius 3 is 2.85 bits per heavy atom. The summed E-state index contributed by atoms with van der Waals surface area (Å²) in [6.45, 7) is 5.14. The van der Waals surface area contributed by atoms with Gasteiger partial charge in [0.2, 0.25) is 11.9 Å². The quantitative estimate of drug-likeness (QED) is 0.418. The van der Waals surface area contributed by atoms with Gasteiger partial charge >= 0.3 is 0 Å². The fourth-order valence-corrected chi connectivity index (χ4v) is 4.43. The smallest absolute Gasteiger partial charge is 0.255 e. The Morgan fingerprint density at radius 2 is 2.15 bits per heavy atom. The molecule has 0 bridgehead atoms. The first kappa shape index (κ1) is 23.4. The maximum atomic E-state index is 12.5. The van der Waals surface area contributed by atoms with Gasteiger partial charge in [-0.1, -0.05) is 11.3 Å². The average Bonchev–Trinajstić information content (AvgIpc) is 3.26. The first-order chi connectivity index (χ1) is 15.9. The minimum atomic E-state index is -1.48. The number of aliphatic hydroxyl groups excluding tert-OH is 1. The summed E-state index contributed by atoms with van der Waals surface area (Å²) < 4.78 is 5.50. The highest BCUT2D eigenvalue weighted by Crippen LogP contribution is 2.26. The van der Waals surface area contributed by atoms with Crippen LogP contribution in [0.3, 0.4) is 0 Å². The Balaban J connectivity index is 1.52. The Labute approximate surface area is 195 Å². The molecule has 33 heavy (non-hydrogen) atoms. The predicted octanol–water partition coefficient (Wildman–Crippen LogP) is -0.652. The molecule has 178 valence electrons. The second-order valence-electron chi connectivity index (χ2n) is 8.15. The zero-order valence-corrected chi connectivity index (χ0v) is 19.2. The van der Waals surface area contributed by atoms with Crippen molar-refractivity contribution in [3.05, 3.63) is 12.0 Å². The van der Waals surface area contributed by atoms with Crippen LogP contribution in [0.2, 0.25) is 0 Å². The molecule has 0 aromatic carbocycles. The minimum absolute atomic E-state index is 0.0456. The van der Waals surface area contributed by atoms with Crippen molar-refractivity contribution in [1.82, 2.24) is 30.6 Å². The number of piperidine rings is 1. The normalized spacial score (nSPS) is 20.4. The largest absolute Gasteiger partial charge is 0.383 e. The monoisotopic (exact) mass is 476 g/mol.